The molecule has 83 valence electrons. The van der Waals surface area contributed by atoms with Crippen LogP contribution in [0.15, 0.2) is 0 Å². The fourth-order valence-electron chi connectivity index (χ4n) is 0.466. The average molecular weight is 301 g/mol. The molecular weight excluding hydrogens is 283 g/mol. The summed E-state index contributed by atoms with van der Waals surface area (Å²) in [6, 6.07) is 0. The van der Waals surface area contributed by atoms with Crippen molar-refractivity contribution >= 4 is 8.25 Å². The van der Waals surface area contributed by atoms with E-state index in [-0.39, 0.29) is 22.4 Å². The van der Waals surface area contributed by atoms with Gasteiger partial charge in [0.15, 0.2) is 0 Å². The summed E-state index contributed by atoms with van der Waals surface area (Å²) in [4.78, 5) is 0. The van der Waals surface area contributed by atoms with Crippen LogP contribution in [0.5, 0.6) is 0 Å². The Labute approximate surface area is 97.0 Å². The normalized spacial score (nSPS) is 12.2. The van der Waals surface area contributed by atoms with E-state index in [9.17, 15) is 4.57 Å². The van der Waals surface area contributed by atoms with Crippen molar-refractivity contribution in [3.8, 4) is 0 Å². The van der Waals surface area contributed by atoms with Crippen molar-refractivity contribution in [3.63, 3.8) is 0 Å². The van der Waals surface area contributed by atoms with Crippen LogP contribution in [0.4, 0.5) is 0 Å². The van der Waals surface area contributed by atoms with Gasteiger partial charge in [-0.1, -0.05) is 0 Å². The standard InChI is InChI=1S/C8H18O3P.Ag/c1-7(2,3)10-12(9)11-8(4,5)6;/h1-6H3;/q+1;. The monoisotopic (exact) mass is 300 g/mol. The van der Waals surface area contributed by atoms with Gasteiger partial charge in [-0.3, -0.25) is 0 Å². The van der Waals surface area contributed by atoms with Crippen LogP contribution in [0.3, 0.4) is 0 Å². The molecule has 0 saturated heterocycles. The fraction of sp³-hybridized carbons (Fsp3) is 1.00. The maximum absolute atomic E-state index is 11.2. The molecule has 1 radical (unpaired) electrons. The summed E-state index contributed by atoms with van der Waals surface area (Å²) in [7, 11) is -2.01. The molecule has 0 unspecified atom stereocenters. The zero-order chi connectivity index (χ0) is 9.99. The van der Waals surface area contributed by atoms with Crippen LogP contribution in [0.2, 0.25) is 0 Å². The van der Waals surface area contributed by atoms with Crippen molar-refractivity contribution in [2.45, 2.75) is 52.7 Å². The van der Waals surface area contributed by atoms with Crippen molar-refractivity contribution < 1.29 is 36.0 Å². The van der Waals surface area contributed by atoms with Gasteiger partial charge in [0.25, 0.3) is 0 Å². The summed E-state index contributed by atoms with van der Waals surface area (Å²) >= 11 is 0. The molecule has 0 atom stereocenters. The molecule has 0 aromatic heterocycles. The summed E-state index contributed by atoms with van der Waals surface area (Å²) in [6.45, 7) is 11.0. The molecule has 5 heteroatoms. The van der Waals surface area contributed by atoms with Crippen molar-refractivity contribution in [1.82, 2.24) is 0 Å². The predicted molar refractivity (Wildman–Crippen MR) is 49.3 cm³/mol. The molecular formula is C8H18AgO3P+. The van der Waals surface area contributed by atoms with Gasteiger partial charge >= 0.3 is 8.25 Å². The van der Waals surface area contributed by atoms with Gasteiger partial charge in [-0.2, -0.15) is 0 Å². The molecule has 0 saturated carbocycles. The Kier molecular flexibility index (Phi) is 6.97. The van der Waals surface area contributed by atoms with Crippen molar-refractivity contribution in [2.75, 3.05) is 0 Å². The molecule has 0 aliphatic rings. The van der Waals surface area contributed by atoms with Gasteiger partial charge in [-0.05, 0) is 41.5 Å². The van der Waals surface area contributed by atoms with Gasteiger partial charge in [-0.15, -0.1) is 9.05 Å². The first-order valence-electron chi connectivity index (χ1n) is 3.96. The van der Waals surface area contributed by atoms with E-state index in [1.807, 2.05) is 41.5 Å². The Bertz CT molecular complexity index is 151. The maximum atomic E-state index is 11.2. The van der Waals surface area contributed by atoms with Crippen LogP contribution in [-0.2, 0) is 36.0 Å². The largest absolute Gasteiger partial charge is 0.698 e. The van der Waals surface area contributed by atoms with Crippen LogP contribution in [0, 0.1) is 0 Å². The average Bonchev–Trinajstić information content (AvgIpc) is 1.49. The van der Waals surface area contributed by atoms with Crippen LogP contribution in [0.25, 0.3) is 0 Å². The van der Waals surface area contributed by atoms with Gasteiger partial charge in [0.1, 0.15) is 11.2 Å². The minimum atomic E-state index is -2.01. The van der Waals surface area contributed by atoms with E-state index in [0.717, 1.165) is 0 Å². The molecule has 0 N–H and O–H groups in total. The Hall–Kier alpha value is 0.760. The summed E-state index contributed by atoms with van der Waals surface area (Å²) in [5.41, 5.74) is -0.836. The molecule has 13 heavy (non-hydrogen) atoms. The summed E-state index contributed by atoms with van der Waals surface area (Å²) in [5, 5.41) is 0. The van der Waals surface area contributed by atoms with Crippen molar-refractivity contribution in [3.05, 3.63) is 0 Å². The molecule has 0 bridgehead atoms. The second-order valence-corrected chi connectivity index (χ2v) is 5.44. The third-order valence-electron chi connectivity index (χ3n) is 0.697. The first-order chi connectivity index (χ1) is 5.10. The van der Waals surface area contributed by atoms with E-state index in [1.54, 1.807) is 0 Å². The fourth-order valence-corrected chi connectivity index (χ4v) is 1.40. The van der Waals surface area contributed by atoms with Gasteiger partial charge in [0.05, 0.1) is 0 Å². The Morgan fingerprint density at radius 1 is 0.846 bits per heavy atom. The van der Waals surface area contributed by atoms with Gasteiger partial charge < -0.3 is 0 Å². The molecule has 0 aromatic rings. The third kappa shape index (κ3) is 12.8. The summed E-state index contributed by atoms with van der Waals surface area (Å²) in [6.07, 6.45) is 0. The van der Waals surface area contributed by atoms with Crippen LogP contribution >= 0.6 is 8.25 Å². The molecule has 0 amide bonds. The van der Waals surface area contributed by atoms with E-state index in [2.05, 4.69) is 0 Å². The van der Waals surface area contributed by atoms with Crippen LogP contribution in [-0.4, -0.2) is 11.2 Å². The van der Waals surface area contributed by atoms with Crippen LogP contribution < -0.4 is 0 Å². The van der Waals surface area contributed by atoms with Gasteiger partial charge in [-0.25, -0.2) is 0 Å². The molecule has 0 rings (SSSR count). The molecule has 0 spiro atoms. The topological polar surface area (TPSA) is 35.5 Å². The SMILES string of the molecule is CC(C)(C)O[P+](=O)OC(C)(C)C.[Ag]. The third-order valence-corrected chi connectivity index (χ3v) is 2.09. The minimum Gasteiger partial charge on any atom is -0.113 e. The Morgan fingerprint density at radius 2 is 1.08 bits per heavy atom. The van der Waals surface area contributed by atoms with Crippen molar-refractivity contribution in [1.29, 1.82) is 0 Å². The second-order valence-electron chi connectivity index (χ2n) is 4.63. The maximum Gasteiger partial charge on any atom is 0.698 e. The molecule has 0 aliphatic carbocycles. The quantitative estimate of drug-likeness (QED) is 0.580. The first kappa shape index (κ1) is 16.2. The smallest absolute Gasteiger partial charge is 0.113 e. The molecule has 0 aliphatic heterocycles. The number of rotatable bonds is 2. The molecule has 3 nitrogen and oxygen atoms in total. The summed E-state index contributed by atoms with van der Waals surface area (Å²) in [5.74, 6) is 0. The molecule has 0 aromatic carbocycles. The van der Waals surface area contributed by atoms with E-state index in [0.29, 0.717) is 0 Å². The van der Waals surface area contributed by atoms with Crippen molar-refractivity contribution in [2.24, 2.45) is 0 Å². The minimum absolute atomic E-state index is 0. The number of hydrogen-bond donors (Lipinski definition) is 0. The molecule has 0 heterocycles. The van der Waals surface area contributed by atoms with E-state index < -0.39 is 19.5 Å². The van der Waals surface area contributed by atoms with Crippen LogP contribution in [0.1, 0.15) is 41.5 Å². The zero-order valence-corrected chi connectivity index (χ0v) is 11.4. The van der Waals surface area contributed by atoms with E-state index in [1.165, 1.54) is 0 Å². The Morgan fingerprint density at radius 3 is 1.23 bits per heavy atom. The number of hydrogen-bond acceptors (Lipinski definition) is 3. The van der Waals surface area contributed by atoms with E-state index in [4.69, 9.17) is 9.05 Å². The summed E-state index contributed by atoms with van der Waals surface area (Å²) < 4.78 is 21.4. The predicted octanol–water partition coefficient (Wildman–Crippen LogP) is 3.27. The van der Waals surface area contributed by atoms with Gasteiger partial charge in [0, 0.05) is 26.9 Å². The zero-order valence-electron chi connectivity index (χ0n) is 8.97. The second kappa shape index (κ2) is 5.59. The molecule has 0 fully saturated rings. The van der Waals surface area contributed by atoms with E-state index >= 15 is 0 Å². The Balaban J connectivity index is 0. The van der Waals surface area contributed by atoms with Gasteiger partial charge in [0.2, 0.25) is 0 Å². The first-order valence-corrected chi connectivity index (χ1v) is 5.05.